The van der Waals surface area contributed by atoms with E-state index in [-0.39, 0.29) is 0 Å². The Morgan fingerprint density at radius 2 is 1.18 bits per heavy atom. The molecule has 7 rings (SSSR count). The van der Waals surface area contributed by atoms with Crippen molar-refractivity contribution in [3.63, 3.8) is 0 Å². The summed E-state index contributed by atoms with van der Waals surface area (Å²) in [4.78, 5) is 0. The fourth-order valence-electron chi connectivity index (χ4n) is 5.03. The average Bonchev–Trinajstić information content (AvgIpc) is 3.39. The van der Waals surface area contributed by atoms with Crippen molar-refractivity contribution >= 4 is 43.7 Å². The van der Waals surface area contributed by atoms with Gasteiger partial charge in [0.05, 0.1) is 11.0 Å². The van der Waals surface area contributed by atoms with Gasteiger partial charge in [0, 0.05) is 27.2 Å². The van der Waals surface area contributed by atoms with Crippen molar-refractivity contribution in [3.8, 4) is 16.8 Å². The summed E-state index contributed by atoms with van der Waals surface area (Å²) in [6, 6.07) is 39.0. The largest absolute Gasteiger partial charge is 0.456 e. The highest BCUT2D eigenvalue weighted by Gasteiger charge is 2.14. The Hall–Kier alpha value is -4.30. The molecule has 33 heavy (non-hydrogen) atoms. The summed E-state index contributed by atoms with van der Waals surface area (Å²) >= 11 is 0. The number of furan rings is 1. The van der Waals surface area contributed by atoms with Crippen molar-refractivity contribution in [2.75, 3.05) is 0 Å². The molecule has 0 bridgehead atoms. The summed E-state index contributed by atoms with van der Waals surface area (Å²) < 4.78 is 8.41. The van der Waals surface area contributed by atoms with Crippen LogP contribution in [0.3, 0.4) is 0 Å². The Labute approximate surface area is 191 Å². The Kier molecular flexibility index (Phi) is 3.80. The Balaban J connectivity index is 1.50. The summed E-state index contributed by atoms with van der Waals surface area (Å²) in [7, 11) is 0. The summed E-state index contributed by atoms with van der Waals surface area (Å²) in [5.74, 6) is 0. The lowest BCUT2D eigenvalue weighted by atomic mass is 10.0. The lowest BCUT2D eigenvalue weighted by Gasteiger charge is -2.09. The molecule has 0 saturated heterocycles. The van der Waals surface area contributed by atoms with Crippen molar-refractivity contribution in [1.82, 2.24) is 4.57 Å². The van der Waals surface area contributed by atoms with Gasteiger partial charge < -0.3 is 8.98 Å². The molecular weight excluding hydrogens is 402 g/mol. The third-order valence-electron chi connectivity index (χ3n) is 6.68. The van der Waals surface area contributed by atoms with Crippen molar-refractivity contribution in [2.45, 2.75) is 6.92 Å². The standard InChI is InChI=1S/C31H21NO/c1-20-10-14-23(15-11-20)32-28-8-4-2-6-24(28)25-16-12-22(19-29(25)32)21-13-17-31-27(18-21)26-7-3-5-9-30(26)33-31/h2-19H,1H3. The summed E-state index contributed by atoms with van der Waals surface area (Å²) in [5, 5.41) is 4.85. The van der Waals surface area contributed by atoms with E-state index in [1.807, 2.05) is 12.1 Å². The van der Waals surface area contributed by atoms with Crippen LogP contribution in [0, 0.1) is 6.92 Å². The van der Waals surface area contributed by atoms with Crippen LogP contribution in [-0.2, 0) is 0 Å². The first kappa shape index (κ1) is 18.3. The Morgan fingerprint density at radius 3 is 2.06 bits per heavy atom. The molecular formula is C31H21NO. The molecule has 0 N–H and O–H groups in total. The molecule has 0 radical (unpaired) electrons. The first-order valence-electron chi connectivity index (χ1n) is 11.3. The maximum absolute atomic E-state index is 6.04. The van der Waals surface area contributed by atoms with Crippen molar-refractivity contribution in [2.24, 2.45) is 0 Å². The Morgan fingerprint density at radius 1 is 0.515 bits per heavy atom. The molecule has 0 amide bonds. The van der Waals surface area contributed by atoms with Gasteiger partial charge in [0.1, 0.15) is 11.2 Å². The molecule has 0 aliphatic rings. The van der Waals surface area contributed by atoms with Gasteiger partial charge in [0.2, 0.25) is 0 Å². The summed E-state index contributed by atoms with van der Waals surface area (Å²) in [6.07, 6.45) is 0. The van der Waals surface area contributed by atoms with Gasteiger partial charge in [0.15, 0.2) is 0 Å². The van der Waals surface area contributed by atoms with Gasteiger partial charge in [-0.15, -0.1) is 0 Å². The number of hydrogen-bond donors (Lipinski definition) is 0. The van der Waals surface area contributed by atoms with Crippen molar-refractivity contribution < 1.29 is 4.42 Å². The predicted molar refractivity (Wildman–Crippen MR) is 138 cm³/mol. The molecule has 2 aromatic heterocycles. The highest BCUT2D eigenvalue weighted by Crippen LogP contribution is 2.37. The SMILES string of the molecule is Cc1ccc(-n2c3ccccc3c3ccc(-c4ccc5oc6ccccc6c5c4)cc32)cc1. The number of aromatic nitrogens is 1. The second-order valence-corrected chi connectivity index (χ2v) is 8.73. The number of para-hydroxylation sites is 2. The van der Waals surface area contributed by atoms with Crippen LogP contribution in [0.1, 0.15) is 5.56 Å². The minimum Gasteiger partial charge on any atom is -0.456 e. The number of hydrogen-bond acceptors (Lipinski definition) is 1. The van der Waals surface area contributed by atoms with E-state index in [1.54, 1.807) is 0 Å². The van der Waals surface area contributed by atoms with Gasteiger partial charge >= 0.3 is 0 Å². The normalized spacial score (nSPS) is 11.8. The molecule has 156 valence electrons. The van der Waals surface area contributed by atoms with E-state index in [1.165, 1.54) is 44.2 Å². The maximum atomic E-state index is 6.04. The van der Waals surface area contributed by atoms with E-state index in [0.29, 0.717) is 0 Å². The van der Waals surface area contributed by atoms with E-state index >= 15 is 0 Å². The number of nitrogens with zero attached hydrogens (tertiary/aromatic N) is 1. The number of benzene rings is 5. The molecule has 0 aliphatic carbocycles. The third-order valence-corrected chi connectivity index (χ3v) is 6.68. The lowest BCUT2D eigenvalue weighted by Crippen LogP contribution is -1.93. The van der Waals surface area contributed by atoms with E-state index in [2.05, 4.69) is 109 Å². The maximum Gasteiger partial charge on any atom is 0.135 e. The zero-order valence-electron chi connectivity index (χ0n) is 18.2. The summed E-state index contributed by atoms with van der Waals surface area (Å²) in [5.41, 5.74) is 9.14. The fraction of sp³-hybridized carbons (Fsp3) is 0.0323. The van der Waals surface area contributed by atoms with Crippen LogP contribution in [0.25, 0.3) is 60.6 Å². The van der Waals surface area contributed by atoms with Crippen LogP contribution >= 0.6 is 0 Å². The minimum absolute atomic E-state index is 0.926. The second kappa shape index (κ2) is 6.85. The van der Waals surface area contributed by atoms with Crippen LogP contribution in [0.5, 0.6) is 0 Å². The van der Waals surface area contributed by atoms with Gasteiger partial charge in [-0.25, -0.2) is 0 Å². The van der Waals surface area contributed by atoms with E-state index < -0.39 is 0 Å². The topological polar surface area (TPSA) is 18.1 Å². The quantitative estimate of drug-likeness (QED) is 0.272. The molecule has 0 atom stereocenters. The van der Waals surface area contributed by atoms with Crippen LogP contribution in [-0.4, -0.2) is 4.57 Å². The molecule has 2 heterocycles. The zero-order valence-corrected chi connectivity index (χ0v) is 18.2. The van der Waals surface area contributed by atoms with Crippen molar-refractivity contribution in [1.29, 1.82) is 0 Å². The molecule has 0 fully saturated rings. The lowest BCUT2D eigenvalue weighted by molar-refractivity contribution is 0.669. The number of fused-ring (bicyclic) bond motifs is 6. The minimum atomic E-state index is 0.926. The number of aryl methyl sites for hydroxylation is 1. The molecule has 2 nitrogen and oxygen atoms in total. The smallest absolute Gasteiger partial charge is 0.135 e. The molecule has 0 spiro atoms. The van der Waals surface area contributed by atoms with Gasteiger partial charge in [-0.05, 0) is 60.5 Å². The van der Waals surface area contributed by atoms with E-state index in [4.69, 9.17) is 4.42 Å². The molecule has 0 aliphatic heterocycles. The third kappa shape index (κ3) is 2.74. The predicted octanol–water partition coefficient (Wildman–Crippen LogP) is 8.66. The van der Waals surface area contributed by atoms with Crippen LogP contribution in [0.4, 0.5) is 0 Å². The van der Waals surface area contributed by atoms with Crippen LogP contribution in [0.15, 0.2) is 114 Å². The first-order valence-corrected chi connectivity index (χ1v) is 11.3. The average molecular weight is 424 g/mol. The van der Waals surface area contributed by atoms with Gasteiger partial charge in [-0.2, -0.15) is 0 Å². The van der Waals surface area contributed by atoms with E-state index in [9.17, 15) is 0 Å². The van der Waals surface area contributed by atoms with Crippen LogP contribution < -0.4 is 0 Å². The molecule has 0 unspecified atom stereocenters. The van der Waals surface area contributed by atoms with Gasteiger partial charge in [-0.1, -0.05) is 72.3 Å². The Bertz CT molecular complexity index is 1820. The second-order valence-electron chi connectivity index (χ2n) is 8.73. The molecule has 7 aromatic rings. The fourth-order valence-corrected chi connectivity index (χ4v) is 5.03. The van der Waals surface area contributed by atoms with Crippen molar-refractivity contribution in [3.05, 3.63) is 115 Å². The first-order chi connectivity index (χ1) is 16.3. The molecule has 0 saturated carbocycles. The highest BCUT2D eigenvalue weighted by atomic mass is 16.3. The van der Waals surface area contributed by atoms with Crippen LogP contribution in [0.2, 0.25) is 0 Å². The number of rotatable bonds is 2. The van der Waals surface area contributed by atoms with Gasteiger partial charge in [0.25, 0.3) is 0 Å². The zero-order chi connectivity index (χ0) is 21.9. The van der Waals surface area contributed by atoms with E-state index in [0.717, 1.165) is 21.9 Å². The molecule has 5 aromatic carbocycles. The van der Waals surface area contributed by atoms with Gasteiger partial charge in [-0.3, -0.25) is 0 Å². The molecule has 2 heteroatoms. The highest BCUT2D eigenvalue weighted by molar-refractivity contribution is 6.11. The summed E-state index contributed by atoms with van der Waals surface area (Å²) in [6.45, 7) is 2.13. The monoisotopic (exact) mass is 423 g/mol.